The van der Waals surface area contributed by atoms with Crippen molar-refractivity contribution in [3.05, 3.63) is 29.3 Å². The number of rotatable bonds is 5. The lowest BCUT2D eigenvalue weighted by Gasteiger charge is -2.14. The van der Waals surface area contributed by atoms with E-state index in [-0.39, 0.29) is 12.1 Å². The average Bonchev–Trinajstić information content (AvgIpc) is 3.17. The van der Waals surface area contributed by atoms with Crippen molar-refractivity contribution in [3.8, 4) is 10.6 Å². The van der Waals surface area contributed by atoms with E-state index in [1.54, 1.807) is 4.90 Å². The number of carbonyl (C=O) groups is 2. The monoisotopic (exact) mass is 346 g/mol. The molecule has 3 rings (SSSR count). The molecule has 3 N–H and O–H groups in total. The highest BCUT2D eigenvalue weighted by atomic mass is 32.1. The summed E-state index contributed by atoms with van der Waals surface area (Å²) in [4.78, 5) is 25.0. The van der Waals surface area contributed by atoms with Crippen LogP contribution in [0.25, 0.3) is 10.6 Å². The summed E-state index contributed by atoms with van der Waals surface area (Å²) in [5, 5.41) is 18.1. The molecular weight excluding hydrogens is 328 g/mol. The molecule has 0 bridgehead atoms. The first-order valence-electron chi connectivity index (χ1n) is 7.60. The molecule has 9 heteroatoms. The molecular formula is C15H18N6O2S. The summed E-state index contributed by atoms with van der Waals surface area (Å²) >= 11 is 1.50. The van der Waals surface area contributed by atoms with E-state index >= 15 is 0 Å². The molecule has 126 valence electrons. The molecule has 0 atom stereocenters. The lowest BCUT2D eigenvalue weighted by Crippen LogP contribution is -2.38. The molecule has 0 saturated carbocycles. The molecule has 2 aromatic rings. The summed E-state index contributed by atoms with van der Waals surface area (Å²) in [6.45, 7) is 4.11. The molecule has 0 radical (unpaired) electrons. The predicted octanol–water partition coefficient (Wildman–Crippen LogP) is 1.66. The SMILES string of the molecule is Cc1nnc(-c2cccc(NC(=O)NCCN3CCNC3=O)c2)s1. The molecule has 1 aromatic heterocycles. The van der Waals surface area contributed by atoms with Crippen LogP contribution in [0.5, 0.6) is 0 Å². The predicted molar refractivity (Wildman–Crippen MR) is 92.1 cm³/mol. The van der Waals surface area contributed by atoms with E-state index in [4.69, 9.17) is 0 Å². The van der Waals surface area contributed by atoms with Crippen molar-refractivity contribution >= 4 is 29.1 Å². The number of nitrogens with one attached hydrogen (secondary N) is 3. The van der Waals surface area contributed by atoms with Gasteiger partial charge >= 0.3 is 12.1 Å². The second-order valence-electron chi connectivity index (χ2n) is 5.31. The molecule has 24 heavy (non-hydrogen) atoms. The number of benzene rings is 1. The van der Waals surface area contributed by atoms with Crippen LogP contribution >= 0.6 is 11.3 Å². The second-order valence-corrected chi connectivity index (χ2v) is 6.49. The minimum absolute atomic E-state index is 0.0859. The fourth-order valence-corrected chi connectivity index (χ4v) is 3.04. The molecule has 1 aliphatic heterocycles. The third-order valence-corrected chi connectivity index (χ3v) is 4.39. The van der Waals surface area contributed by atoms with Crippen molar-refractivity contribution in [1.29, 1.82) is 0 Å². The average molecular weight is 346 g/mol. The maximum atomic E-state index is 12.0. The van der Waals surface area contributed by atoms with E-state index in [1.807, 2.05) is 31.2 Å². The van der Waals surface area contributed by atoms with Gasteiger partial charge < -0.3 is 20.9 Å². The van der Waals surface area contributed by atoms with Crippen LogP contribution in [-0.4, -0.2) is 53.3 Å². The first kappa shape index (κ1) is 16.2. The maximum absolute atomic E-state index is 12.0. The lowest BCUT2D eigenvalue weighted by atomic mass is 10.2. The number of anilines is 1. The van der Waals surface area contributed by atoms with Crippen LogP contribution < -0.4 is 16.0 Å². The van der Waals surface area contributed by atoms with E-state index in [9.17, 15) is 9.59 Å². The van der Waals surface area contributed by atoms with Gasteiger partial charge in [0.05, 0.1) is 0 Å². The first-order chi connectivity index (χ1) is 11.6. The van der Waals surface area contributed by atoms with Gasteiger partial charge in [-0.2, -0.15) is 0 Å². The van der Waals surface area contributed by atoms with Gasteiger partial charge in [-0.1, -0.05) is 23.5 Å². The molecule has 0 unspecified atom stereocenters. The number of nitrogens with zero attached hydrogens (tertiary/aromatic N) is 3. The molecule has 2 heterocycles. The molecule has 0 aliphatic carbocycles. The van der Waals surface area contributed by atoms with E-state index < -0.39 is 0 Å². The Bertz CT molecular complexity index is 747. The van der Waals surface area contributed by atoms with Gasteiger partial charge in [-0.05, 0) is 19.1 Å². The number of urea groups is 2. The summed E-state index contributed by atoms with van der Waals surface area (Å²) in [6, 6.07) is 7.06. The van der Waals surface area contributed by atoms with Crippen molar-refractivity contribution in [2.75, 3.05) is 31.5 Å². The highest BCUT2D eigenvalue weighted by Gasteiger charge is 2.18. The van der Waals surface area contributed by atoms with Gasteiger partial charge in [-0.25, -0.2) is 9.59 Å². The normalized spacial score (nSPS) is 13.7. The van der Waals surface area contributed by atoms with Crippen LogP contribution in [-0.2, 0) is 0 Å². The number of aryl methyl sites for hydroxylation is 1. The summed E-state index contributed by atoms with van der Waals surface area (Å²) in [7, 11) is 0. The van der Waals surface area contributed by atoms with Gasteiger partial charge in [0.2, 0.25) is 0 Å². The number of amides is 4. The molecule has 1 saturated heterocycles. The maximum Gasteiger partial charge on any atom is 0.319 e. The van der Waals surface area contributed by atoms with Crippen LogP contribution in [0.15, 0.2) is 24.3 Å². The minimum Gasteiger partial charge on any atom is -0.336 e. The Hall–Kier alpha value is -2.68. The summed E-state index contributed by atoms with van der Waals surface area (Å²) in [5.74, 6) is 0. The van der Waals surface area contributed by atoms with Crippen molar-refractivity contribution < 1.29 is 9.59 Å². The molecule has 0 spiro atoms. The Morgan fingerprint density at radius 3 is 3.00 bits per heavy atom. The van der Waals surface area contributed by atoms with E-state index in [0.717, 1.165) is 15.6 Å². The van der Waals surface area contributed by atoms with Crippen molar-refractivity contribution in [2.45, 2.75) is 6.92 Å². The third kappa shape index (κ3) is 3.99. The molecule has 4 amide bonds. The fraction of sp³-hybridized carbons (Fsp3) is 0.333. The summed E-state index contributed by atoms with van der Waals surface area (Å²) < 4.78 is 0. The smallest absolute Gasteiger partial charge is 0.319 e. The minimum atomic E-state index is -0.305. The number of hydrogen-bond donors (Lipinski definition) is 3. The first-order valence-corrected chi connectivity index (χ1v) is 8.41. The van der Waals surface area contributed by atoms with E-state index in [2.05, 4.69) is 26.1 Å². The topological polar surface area (TPSA) is 99.2 Å². The summed E-state index contributed by atoms with van der Waals surface area (Å²) in [6.07, 6.45) is 0. The number of carbonyl (C=O) groups excluding carboxylic acids is 2. The third-order valence-electron chi connectivity index (χ3n) is 3.51. The summed E-state index contributed by atoms with van der Waals surface area (Å²) in [5.41, 5.74) is 1.59. The van der Waals surface area contributed by atoms with Gasteiger partial charge in [0.15, 0.2) is 0 Å². The van der Waals surface area contributed by atoms with Gasteiger partial charge in [-0.15, -0.1) is 10.2 Å². The molecule has 8 nitrogen and oxygen atoms in total. The standard InChI is InChI=1S/C15H18N6O2S/c1-10-19-20-13(24-10)11-3-2-4-12(9-11)18-14(22)16-5-7-21-8-6-17-15(21)23/h2-4,9H,5-8H2,1H3,(H,17,23)(H2,16,18,22). The van der Waals surface area contributed by atoms with Gasteiger partial charge in [-0.3, -0.25) is 0 Å². The largest absolute Gasteiger partial charge is 0.336 e. The van der Waals surface area contributed by atoms with E-state index in [1.165, 1.54) is 11.3 Å². The van der Waals surface area contributed by atoms with Crippen molar-refractivity contribution in [2.24, 2.45) is 0 Å². The lowest BCUT2D eigenvalue weighted by molar-refractivity contribution is 0.216. The van der Waals surface area contributed by atoms with Gasteiger partial charge in [0, 0.05) is 37.4 Å². The molecule has 1 aliphatic rings. The Balaban J connectivity index is 1.52. The zero-order valence-corrected chi connectivity index (χ0v) is 14.0. The Kier molecular flexibility index (Phi) is 4.90. The highest BCUT2D eigenvalue weighted by molar-refractivity contribution is 7.14. The van der Waals surface area contributed by atoms with Crippen molar-refractivity contribution in [3.63, 3.8) is 0 Å². The Morgan fingerprint density at radius 2 is 2.29 bits per heavy atom. The van der Waals surface area contributed by atoms with Crippen molar-refractivity contribution in [1.82, 2.24) is 25.7 Å². The molecule has 1 aromatic carbocycles. The quantitative estimate of drug-likeness (QED) is 0.767. The fourth-order valence-electron chi connectivity index (χ4n) is 2.35. The zero-order chi connectivity index (χ0) is 16.9. The van der Waals surface area contributed by atoms with Crippen LogP contribution in [0, 0.1) is 6.92 Å². The van der Waals surface area contributed by atoms with Gasteiger partial charge in [0.1, 0.15) is 10.0 Å². The Labute approximate surface area is 143 Å². The van der Waals surface area contributed by atoms with Crippen LogP contribution in [0.2, 0.25) is 0 Å². The Morgan fingerprint density at radius 1 is 1.42 bits per heavy atom. The van der Waals surface area contributed by atoms with Gasteiger partial charge in [0.25, 0.3) is 0 Å². The van der Waals surface area contributed by atoms with Crippen LogP contribution in [0.4, 0.5) is 15.3 Å². The zero-order valence-electron chi connectivity index (χ0n) is 13.2. The highest BCUT2D eigenvalue weighted by Crippen LogP contribution is 2.25. The second kappa shape index (κ2) is 7.26. The number of aromatic nitrogens is 2. The number of hydrogen-bond acceptors (Lipinski definition) is 5. The van der Waals surface area contributed by atoms with E-state index in [0.29, 0.717) is 31.9 Å². The van der Waals surface area contributed by atoms with Crippen LogP contribution in [0.1, 0.15) is 5.01 Å². The van der Waals surface area contributed by atoms with Crippen LogP contribution in [0.3, 0.4) is 0 Å². The molecule has 1 fully saturated rings.